The van der Waals surface area contributed by atoms with Crippen LogP contribution in [-0.4, -0.2) is 28.6 Å². The molecule has 0 amide bonds. The Labute approximate surface area is 144 Å². The first kappa shape index (κ1) is 16.6. The molecular weight excluding hydrogens is 350 g/mol. The van der Waals surface area contributed by atoms with Gasteiger partial charge in [-0.15, -0.1) is 5.10 Å². The highest BCUT2D eigenvalue weighted by Gasteiger charge is 2.19. The quantitative estimate of drug-likeness (QED) is 0.749. The third-order valence-corrected chi connectivity index (χ3v) is 5.26. The second kappa shape index (κ2) is 6.68. The van der Waals surface area contributed by atoms with Crippen LogP contribution in [0.4, 0.5) is 0 Å². The maximum Gasteiger partial charge on any atom is 0.242 e. The van der Waals surface area contributed by atoms with E-state index in [0.717, 1.165) is 11.3 Å². The maximum atomic E-state index is 12.4. The first-order valence-corrected chi connectivity index (χ1v) is 8.92. The first-order chi connectivity index (χ1) is 11.5. The number of nitrogens with zero attached hydrogens (tertiary/aromatic N) is 4. The number of rotatable bonds is 5. The second-order valence-corrected chi connectivity index (χ2v) is 7.24. The third-order valence-electron chi connectivity index (χ3n) is 3.36. The minimum Gasteiger partial charge on any atom is -0.207 e. The standard InChI is InChI=1S/C15H14ClN5O2S/c1-11-6-8-12(9-7-11)21-15(18-19-20-21)10-17-24(22,23)14-5-3-2-4-13(14)16/h2-9,17H,10H2,1H3. The van der Waals surface area contributed by atoms with Gasteiger partial charge in [-0.05, 0) is 41.6 Å². The zero-order valence-corrected chi connectivity index (χ0v) is 14.3. The maximum absolute atomic E-state index is 12.4. The van der Waals surface area contributed by atoms with Crippen molar-refractivity contribution in [1.29, 1.82) is 0 Å². The van der Waals surface area contributed by atoms with Crippen LogP contribution in [0.1, 0.15) is 11.4 Å². The smallest absolute Gasteiger partial charge is 0.207 e. The molecule has 1 heterocycles. The van der Waals surface area contributed by atoms with Crippen LogP contribution in [0.25, 0.3) is 5.69 Å². The van der Waals surface area contributed by atoms with Crippen LogP contribution in [0.15, 0.2) is 53.4 Å². The van der Waals surface area contributed by atoms with Crippen molar-refractivity contribution in [2.75, 3.05) is 0 Å². The molecule has 0 unspecified atom stereocenters. The Morgan fingerprint density at radius 1 is 1.12 bits per heavy atom. The van der Waals surface area contributed by atoms with Crippen LogP contribution in [0.5, 0.6) is 0 Å². The summed E-state index contributed by atoms with van der Waals surface area (Å²) < 4.78 is 28.7. The van der Waals surface area contributed by atoms with Gasteiger partial charge in [0, 0.05) is 0 Å². The molecule has 0 aliphatic carbocycles. The van der Waals surface area contributed by atoms with E-state index in [4.69, 9.17) is 11.6 Å². The predicted molar refractivity (Wildman–Crippen MR) is 89.4 cm³/mol. The fourth-order valence-corrected chi connectivity index (χ4v) is 3.60. The van der Waals surface area contributed by atoms with Gasteiger partial charge in [0.1, 0.15) is 4.90 Å². The van der Waals surface area contributed by atoms with Crippen LogP contribution >= 0.6 is 11.6 Å². The molecular formula is C15H14ClN5O2S. The van der Waals surface area contributed by atoms with Gasteiger partial charge in [0.15, 0.2) is 5.82 Å². The van der Waals surface area contributed by atoms with E-state index >= 15 is 0 Å². The van der Waals surface area contributed by atoms with E-state index < -0.39 is 10.0 Å². The van der Waals surface area contributed by atoms with Gasteiger partial charge in [-0.2, -0.15) is 4.68 Å². The molecule has 0 saturated heterocycles. The molecule has 1 aromatic heterocycles. The Balaban J connectivity index is 1.82. The number of aryl methyl sites for hydroxylation is 1. The zero-order chi connectivity index (χ0) is 17.2. The van der Waals surface area contributed by atoms with E-state index in [2.05, 4.69) is 20.2 Å². The Hall–Kier alpha value is -2.29. The number of tetrazole rings is 1. The molecule has 0 radical (unpaired) electrons. The SMILES string of the molecule is Cc1ccc(-n2nnnc2CNS(=O)(=O)c2ccccc2Cl)cc1. The molecule has 0 aliphatic rings. The molecule has 0 bridgehead atoms. The van der Waals surface area contributed by atoms with E-state index in [1.165, 1.54) is 16.8 Å². The summed E-state index contributed by atoms with van der Waals surface area (Å²) in [6.45, 7) is 1.91. The van der Waals surface area contributed by atoms with Crippen LogP contribution in [-0.2, 0) is 16.6 Å². The molecule has 7 nitrogen and oxygen atoms in total. The van der Waals surface area contributed by atoms with Gasteiger partial charge < -0.3 is 0 Å². The Morgan fingerprint density at radius 3 is 2.54 bits per heavy atom. The minimum absolute atomic E-state index is 0.0148. The lowest BCUT2D eigenvalue weighted by molar-refractivity contribution is 0.578. The highest BCUT2D eigenvalue weighted by atomic mass is 35.5. The van der Waals surface area contributed by atoms with Gasteiger partial charge in [-0.1, -0.05) is 41.4 Å². The predicted octanol–water partition coefficient (Wildman–Crippen LogP) is 2.10. The number of hydrogen-bond acceptors (Lipinski definition) is 5. The zero-order valence-electron chi connectivity index (χ0n) is 12.7. The van der Waals surface area contributed by atoms with Crippen molar-refractivity contribution in [1.82, 2.24) is 24.9 Å². The summed E-state index contributed by atoms with van der Waals surface area (Å²) in [7, 11) is -3.76. The monoisotopic (exact) mass is 363 g/mol. The highest BCUT2D eigenvalue weighted by Crippen LogP contribution is 2.20. The van der Waals surface area contributed by atoms with Crippen LogP contribution in [0.3, 0.4) is 0 Å². The van der Waals surface area contributed by atoms with Gasteiger partial charge in [-0.25, -0.2) is 13.1 Å². The number of halogens is 1. The summed E-state index contributed by atoms with van der Waals surface area (Å²) in [5, 5.41) is 11.5. The molecule has 0 fully saturated rings. The lowest BCUT2D eigenvalue weighted by Gasteiger charge is -2.08. The topological polar surface area (TPSA) is 89.8 Å². The molecule has 0 aliphatic heterocycles. The van der Waals surface area contributed by atoms with Crippen molar-refractivity contribution in [2.24, 2.45) is 0 Å². The van der Waals surface area contributed by atoms with E-state index in [1.807, 2.05) is 31.2 Å². The second-order valence-electron chi connectivity index (χ2n) is 5.10. The van der Waals surface area contributed by atoms with Crippen LogP contribution in [0.2, 0.25) is 5.02 Å². The Bertz CT molecular complexity index is 954. The van der Waals surface area contributed by atoms with Crippen molar-refractivity contribution in [3.8, 4) is 5.69 Å². The molecule has 24 heavy (non-hydrogen) atoms. The van der Waals surface area contributed by atoms with Crippen LogP contribution < -0.4 is 4.72 Å². The average molecular weight is 364 g/mol. The molecule has 3 aromatic rings. The van der Waals surface area contributed by atoms with Crippen LogP contribution in [0, 0.1) is 6.92 Å². The van der Waals surface area contributed by atoms with Crippen molar-refractivity contribution >= 4 is 21.6 Å². The van der Waals surface area contributed by atoms with E-state index in [1.54, 1.807) is 12.1 Å². The summed E-state index contributed by atoms with van der Waals surface area (Å²) in [4.78, 5) is 0.0148. The summed E-state index contributed by atoms with van der Waals surface area (Å²) >= 11 is 5.95. The van der Waals surface area contributed by atoms with Crippen molar-refractivity contribution < 1.29 is 8.42 Å². The first-order valence-electron chi connectivity index (χ1n) is 7.06. The van der Waals surface area contributed by atoms with Gasteiger partial charge in [0.25, 0.3) is 0 Å². The molecule has 0 saturated carbocycles. The van der Waals surface area contributed by atoms with Crippen molar-refractivity contribution in [2.45, 2.75) is 18.4 Å². The fraction of sp³-hybridized carbons (Fsp3) is 0.133. The Kier molecular flexibility index (Phi) is 4.61. The van der Waals surface area contributed by atoms with E-state index in [9.17, 15) is 8.42 Å². The summed E-state index contributed by atoms with van der Waals surface area (Å²) in [6, 6.07) is 13.8. The fourth-order valence-electron chi connectivity index (χ4n) is 2.10. The highest BCUT2D eigenvalue weighted by molar-refractivity contribution is 7.89. The number of nitrogens with one attached hydrogen (secondary N) is 1. The lowest BCUT2D eigenvalue weighted by atomic mass is 10.2. The molecule has 3 rings (SSSR count). The normalized spacial score (nSPS) is 11.6. The number of hydrogen-bond donors (Lipinski definition) is 1. The number of aromatic nitrogens is 4. The van der Waals surface area contributed by atoms with Gasteiger partial charge in [0.2, 0.25) is 10.0 Å². The third kappa shape index (κ3) is 3.45. The van der Waals surface area contributed by atoms with Crippen molar-refractivity contribution in [3.63, 3.8) is 0 Å². The summed E-state index contributed by atoms with van der Waals surface area (Å²) in [5.74, 6) is 0.370. The average Bonchev–Trinajstić information content (AvgIpc) is 3.02. The number of benzene rings is 2. The summed E-state index contributed by atoms with van der Waals surface area (Å²) in [6.07, 6.45) is 0. The van der Waals surface area contributed by atoms with E-state index in [-0.39, 0.29) is 16.5 Å². The molecule has 0 spiro atoms. The molecule has 2 aromatic carbocycles. The largest absolute Gasteiger partial charge is 0.242 e. The molecule has 9 heteroatoms. The Morgan fingerprint density at radius 2 is 1.83 bits per heavy atom. The van der Waals surface area contributed by atoms with Crippen molar-refractivity contribution in [3.05, 3.63) is 64.9 Å². The molecule has 124 valence electrons. The van der Waals surface area contributed by atoms with Gasteiger partial charge in [-0.3, -0.25) is 0 Å². The van der Waals surface area contributed by atoms with E-state index in [0.29, 0.717) is 5.82 Å². The number of sulfonamides is 1. The summed E-state index contributed by atoms with van der Waals surface area (Å²) in [5.41, 5.74) is 1.85. The lowest BCUT2D eigenvalue weighted by Crippen LogP contribution is -2.25. The minimum atomic E-state index is -3.76. The van der Waals surface area contributed by atoms with Gasteiger partial charge in [0.05, 0.1) is 17.3 Å². The molecule has 0 atom stereocenters. The molecule has 1 N–H and O–H groups in total. The van der Waals surface area contributed by atoms with Gasteiger partial charge >= 0.3 is 0 Å².